The lowest BCUT2D eigenvalue weighted by Crippen LogP contribution is -2.50. The predicted molar refractivity (Wildman–Crippen MR) is 137 cm³/mol. The number of aromatic nitrogens is 1. The van der Waals surface area contributed by atoms with Crippen molar-refractivity contribution >= 4 is 39.8 Å². The highest BCUT2D eigenvalue weighted by Gasteiger charge is 2.34. The average molecular weight is 489 g/mol. The second kappa shape index (κ2) is 10.00. The number of thiazole rings is 1. The fourth-order valence-corrected chi connectivity index (χ4v) is 5.84. The molecule has 2 aliphatic rings. The molecule has 1 N–H and O–H groups in total. The second-order valence-electron chi connectivity index (χ2n) is 9.01. The van der Waals surface area contributed by atoms with Crippen LogP contribution in [0.15, 0.2) is 54.6 Å². The summed E-state index contributed by atoms with van der Waals surface area (Å²) in [5.74, 6) is -0.252. The van der Waals surface area contributed by atoms with E-state index < -0.39 is 0 Å². The van der Waals surface area contributed by atoms with E-state index in [1.54, 1.807) is 19.1 Å². The van der Waals surface area contributed by atoms with E-state index >= 15 is 0 Å². The molecule has 1 saturated heterocycles. The Kier molecular flexibility index (Phi) is 6.63. The number of amides is 2. The summed E-state index contributed by atoms with van der Waals surface area (Å²) in [5.41, 5.74) is 3.19. The highest BCUT2D eigenvalue weighted by molar-refractivity contribution is 7.16. The quantitative estimate of drug-likeness (QED) is 0.540. The number of piperazine rings is 1. The minimum atomic E-state index is -0.251. The Labute approximate surface area is 208 Å². The predicted octanol–water partition coefficient (Wildman–Crippen LogP) is 4.37. The van der Waals surface area contributed by atoms with Crippen LogP contribution in [0.25, 0.3) is 0 Å². The number of hydrogen-bond donors (Lipinski definition) is 1. The van der Waals surface area contributed by atoms with Gasteiger partial charge in [0.1, 0.15) is 0 Å². The van der Waals surface area contributed by atoms with Crippen LogP contribution in [-0.2, 0) is 11.2 Å². The molecule has 8 heteroatoms. The number of rotatable bonds is 5. The van der Waals surface area contributed by atoms with Crippen LogP contribution < -0.4 is 10.2 Å². The number of Topliss-reactive ketones (excluding diaryl/α,β-unsaturated/α-hetero) is 1. The van der Waals surface area contributed by atoms with Gasteiger partial charge in [0, 0.05) is 47.9 Å². The van der Waals surface area contributed by atoms with Crippen molar-refractivity contribution in [2.24, 2.45) is 0 Å². The van der Waals surface area contributed by atoms with Crippen molar-refractivity contribution in [3.05, 3.63) is 76.3 Å². The van der Waals surface area contributed by atoms with Gasteiger partial charge in [0.25, 0.3) is 5.91 Å². The van der Waals surface area contributed by atoms with Gasteiger partial charge in [-0.05, 0) is 62.6 Å². The van der Waals surface area contributed by atoms with E-state index in [0.717, 1.165) is 48.6 Å². The van der Waals surface area contributed by atoms with Gasteiger partial charge in [-0.15, -0.1) is 11.3 Å². The monoisotopic (exact) mass is 488 g/mol. The van der Waals surface area contributed by atoms with E-state index in [-0.39, 0.29) is 23.5 Å². The third-order valence-electron chi connectivity index (χ3n) is 6.74. The van der Waals surface area contributed by atoms with Crippen LogP contribution in [0.3, 0.4) is 0 Å². The summed E-state index contributed by atoms with van der Waals surface area (Å²) >= 11 is 1.48. The van der Waals surface area contributed by atoms with Crippen molar-refractivity contribution in [2.45, 2.75) is 32.1 Å². The smallest absolute Gasteiger partial charge is 0.257 e. The second-order valence-corrected chi connectivity index (χ2v) is 10.1. The lowest BCUT2D eigenvalue weighted by Gasteiger charge is -2.38. The molecule has 3 aromatic rings. The van der Waals surface area contributed by atoms with Crippen LogP contribution in [-0.4, -0.2) is 53.7 Å². The summed E-state index contributed by atoms with van der Waals surface area (Å²) in [6, 6.07) is 16.7. The fourth-order valence-electron chi connectivity index (χ4n) is 4.78. The van der Waals surface area contributed by atoms with Crippen molar-refractivity contribution in [3.63, 3.8) is 0 Å². The van der Waals surface area contributed by atoms with E-state index in [2.05, 4.69) is 10.2 Å². The average Bonchev–Trinajstić information content (AvgIpc) is 3.31. The number of anilines is 2. The maximum Gasteiger partial charge on any atom is 0.257 e. The molecule has 5 rings (SSSR count). The SMILES string of the molecule is CC(=O)c1ccc(N2CCN(C(=O)C3CCCc4sc(NC(=O)c5ccccc5)nc43)CC2)cc1. The number of ketones is 1. The topological polar surface area (TPSA) is 82.6 Å². The van der Waals surface area contributed by atoms with Crippen LogP contribution in [0, 0.1) is 0 Å². The molecule has 0 radical (unpaired) electrons. The van der Waals surface area contributed by atoms with Crippen molar-refractivity contribution in [3.8, 4) is 0 Å². The Bertz CT molecular complexity index is 1230. The highest BCUT2D eigenvalue weighted by Crippen LogP contribution is 2.38. The van der Waals surface area contributed by atoms with Gasteiger partial charge in [-0.25, -0.2) is 4.98 Å². The largest absolute Gasteiger partial charge is 0.368 e. The molecule has 1 fully saturated rings. The van der Waals surface area contributed by atoms with Gasteiger partial charge in [0.15, 0.2) is 10.9 Å². The summed E-state index contributed by atoms with van der Waals surface area (Å²) in [7, 11) is 0. The summed E-state index contributed by atoms with van der Waals surface area (Å²) in [5, 5.41) is 3.46. The standard InChI is InChI=1S/C27H28N4O3S/c1-18(32)19-10-12-21(13-11-19)30-14-16-31(17-15-30)26(34)22-8-5-9-23-24(22)28-27(35-23)29-25(33)20-6-3-2-4-7-20/h2-4,6-7,10-13,22H,5,8-9,14-17H2,1H3,(H,28,29,33). The maximum atomic E-state index is 13.5. The van der Waals surface area contributed by atoms with Gasteiger partial charge in [0.2, 0.25) is 5.91 Å². The molecule has 0 bridgehead atoms. The molecule has 0 spiro atoms. The summed E-state index contributed by atoms with van der Waals surface area (Å²) in [6.07, 6.45) is 2.62. The number of fused-ring (bicyclic) bond motifs is 1. The van der Waals surface area contributed by atoms with Crippen LogP contribution >= 0.6 is 11.3 Å². The van der Waals surface area contributed by atoms with Crippen LogP contribution in [0.4, 0.5) is 10.8 Å². The molecule has 2 aromatic carbocycles. The molecular formula is C27H28N4O3S. The molecule has 7 nitrogen and oxygen atoms in total. The van der Waals surface area contributed by atoms with Gasteiger partial charge in [-0.1, -0.05) is 18.2 Å². The molecule has 2 amide bonds. The first-order valence-corrected chi connectivity index (χ1v) is 12.8. The Morgan fingerprint density at radius 2 is 1.66 bits per heavy atom. The zero-order valence-electron chi connectivity index (χ0n) is 19.7. The Morgan fingerprint density at radius 3 is 2.34 bits per heavy atom. The minimum absolute atomic E-state index is 0.0589. The highest BCUT2D eigenvalue weighted by atomic mass is 32.1. The molecule has 2 heterocycles. The molecular weight excluding hydrogens is 460 g/mol. The Hall–Kier alpha value is -3.52. The van der Waals surface area contributed by atoms with E-state index in [4.69, 9.17) is 4.98 Å². The first-order valence-electron chi connectivity index (χ1n) is 12.0. The van der Waals surface area contributed by atoms with Crippen molar-refractivity contribution < 1.29 is 14.4 Å². The lowest BCUT2D eigenvalue weighted by atomic mass is 9.89. The van der Waals surface area contributed by atoms with E-state index in [1.165, 1.54) is 11.3 Å². The molecule has 1 aliphatic carbocycles. The van der Waals surface area contributed by atoms with Crippen molar-refractivity contribution in [1.82, 2.24) is 9.88 Å². The molecule has 35 heavy (non-hydrogen) atoms. The van der Waals surface area contributed by atoms with Gasteiger partial charge < -0.3 is 9.80 Å². The zero-order valence-corrected chi connectivity index (χ0v) is 20.5. The molecule has 1 aliphatic heterocycles. The van der Waals surface area contributed by atoms with Crippen molar-refractivity contribution in [2.75, 3.05) is 36.4 Å². The maximum absolute atomic E-state index is 13.5. The van der Waals surface area contributed by atoms with E-state index in [1.807, 2.05) is 47.4 Å². The van der Waals surface area contributed by atoms with Gasteiger partial charge in [0.05, 0.1) is 11.6 Å². The van der Waals surface area contributed by atoms with Crippen LogP contribution in [0.2, 0.25) is 0 Å². The van der Waals surface area contributed by atoms with Crippen LogP contribution in [0.5, 0.6) is 0 Å². The number of hydrogen-bond acceptors (Lipinski definition) is 6. The number of nitrogens with one attached hydrogen (secondary N) is 1. The summed E-state index contributed by atoms with van der Waals surface area (Å²) < 4.78 is 0. The zero-order chi connectivity index (χ0) is 24.4. The molecule has 1 atom stereocenters. The van der Waals surface area contributed by atoms with Crippen molar-refractivity contribution in [1.29, 1.82) is 0 Å². The molecule has 1 aromatic heterocycles. The number of aryl methyl sites for hydroxylation is 1. The van der Waals surface area contributed by atoms with Crippen LogP contribution in [0.1, 0.15) is 57.0 Å². The summed E-state index contributed by atoms with van der Waals surface area (Å²) in [4.78, 5) is 47.5. The third kappa shape index (κ3) is 4.98. The number of benzene rings is 2. The lowest BCUT2D eigenvalue weighted by molar-refractivity contribution is -0.133. The molecule has 0 saturated carbocycles. The first-order chi connectivity index (χ1) is 17.0. The Morgan fingerprint density at radius 1 is 0.943 bits per heavy atom. The molecule has 180 valence electrons. The number of carbonyl (C=O) groups is 3. The van der Waals surface area contributed by atoms with Gasteiger partial charge in [-0.3, -0.25) is 19.7 Å². The fraction of sp³-hybridized carbons (Fsp3) is 0.333. The number of nitrogens with zero attached hydrogens (tertiary/aromatic N) is 3. The van der Waals surface area contributed by atoms with Gasteiger partial charge >= 0.3 is 0 Å². The Balaban J connectivity index is 1.23. The van der Waals surface area contributed by atoms with E-state index in [0.29, 0.717) is 29.3 Å². The van der Waals surface area contributed by atoms with Gasteiger partial charge in [-0.2, -0.15) is 0 Å². The molecule has 1 unspecified atom stereocenters. The third-order valence-corrected chi connectivity index (χ3v) is 7.79. The van der Waals surface area contributed by atoms with E-state index in [9.17, 15) is 14.4 Å². The minimum Gasteiger partial charge on any atom is -0.368 e. The number of carbonyl (C=O) groups excluding carboxylic acids is 3. The summed E-state index contributed by atoms with van der Waals surface area (Å²) in [6.45, 7) is 4.38. The normalized spacial score (nSPS) is 17.6. The first kappa shape index (κ1) is 23.2.